The molecule has 1 saturated heterocycles. The standard InChI is InChI=1S/C14H18BrF3N2/c1-13(8-19)4-5-20(9-13)7-10-2-3-11(15)6-12(10)14(16,17)18/h2-3,6H,4-5,7-9,19H2,1H3. The van der Waals surface area contributed by atoms with Gasteiger partial charge in [0.25, 0.3) is 0 Å². The third-order valence-electron chi connectivity index (χ3n) is 3.90. The quantitative estimate of drug-likeness (QED) is 0.901. The fraction of sp³-hybridized carbons (Fsp3) is 0.571. The zero-order chi connectivity index (χ0) is 15.0. The maximum Gasteiger partial charge on any atom is 0.416 e. The van der Waals surface area contributed by atoms with Crippen LogP contribution >= 0.6 is 15.9 Å². The summed E-state index contributed by atoms with van der Waals surface area (Å²) in [5.74, 6) is 0. The minimum absolute atomic E-state index is 0.0216. The Morgan fingerprint density at radius 2 is 2.10 bits per heavy atom. The molecule has 1 aliphatic heterocycles. The van der Waals surface area contributed by atoms with Gasteiger partial charge in [-0.05, 0) is 42.6 Å². The molecular weight excluding hydrogens is 333 g/mol. The molecule has 1 heterocycles. The molecule has 20 heavy (non-hydrogen) atoms. The zero-order valence-corrected chi connectivity index (χ0v) is 12.9. The predicted octanol–water partition coefficient (Wildman–Crippen LogP) is 3.64. The molecule has 112 valence electrons. The third-order valence-corrected chi connectivity index (χ3v) is 4.39. The molecule has 0 aliphatic carbocycles. The van der Waals surface area contributed by atoms with Crippen LogP contribution in [-0.4, -0.2) is 24.5 Å². The van der Waals surface area contributed by atoms with Crippen LogP contribution in [0.4, 0.5) is 13.2 Å². The summed E-state index contributed by atoms with van der Waals surface area (Å²) in [6.45, 7) is 4.50. The Hall–Kier alpha value is -0.590. The molecule has 1 aromatic carbocycles. The number of rotatable bonds is 3. The number of hydrogen-bond acceptors (Lipinski definition) is 2. The molecule has 0 saturated carbocycles. The van der Waals surface area contributed by atoms with Crippen molar-refractivity contribution in [2.24, 2.45) is 11.1 Å². The largest absolute Gasteiger partial charge is 0.416 e. The molecule has 1 aromatic rings. The van der Waals surface area contributed by atoms with E-state index in [0.29, 0.717) is 23.1 Å². The normalized spacial score (nSPS) is 24.3. The first kappa shape index (κ1) is 15.8. The van der Waals surface area contributed by atoms with Crippen molar-refractivity contribution in [3.05, 3.63) is 33.8 Å². The lowest BCUT2D eigenvalue weighted by Gasteiger charge is -2.23. The summed E-state index contributed by atoms with van der Waals surface area (Å²) in [7, 11) is 0. The van der Waals surface area contributed by atoms with Gasteiger partial charge in [0.15, 0.2) is 0 Å². The first-order chi connectivity index (χ1) is 9.23. The van der Waals surface area contributed by atoms with Gasteiger partial charge in [-0.15, -0.1) is 0 Å². The molecule has 0 aromatic heterocycles. The van der Waals surface area contributed by atoms with Crippen LogP contribution in [0.5, 0.6) is 0 Å². The highest BCUT2D eigenvalue weighted by atomic mass is 79.9. The number of halogens is 4. The fourth-order valence-electron chi connectivity index (χ4n) is 2.62. The lowest BCUT2D eigenvalue weighted by molar-refractivity contribution is -0.138. The number of nitrogens with two attached hydrogens (primary N) is 1. The summed E-state index contributed by atoms with van der Waals surface area (Å²) in [4.78, 5) is 2.05. The highest BCUT2D eigenvalue weighted by Gasteiger charge is 2.36. The van der Waals surface area contributed by atoms with E-state index >= 15 is 0 Å². The van der Waals surface area contributed by atoms with E-state index in [1.807, 2.05) is 4.90 Å². The Bertz CT molecular complexity index is 490. The Kier molecular flexibility index (Phi) is 4.47. The molecule has 1 unspecified atom stereocenters. The van der Waals surface area contributed by atoms with Gasteiger partial charge in [-0.25, -0.2) is 0 Å². The molecule has 1 aliphatic rings. The van der Waals surface area contributed by atoms with Gasteiger partial charge in [0.05, 0.1) is 5.56 Å². The summed E-state index contributed by atoms with van der Waals surface area (Å²) >= 11 is 3.10. The summed E-state index contributed by atoms with van der Waals surface area (Å²) in [6, 6.07) is 4.35. The van der Waals surface area contributed by atoms with Crippen LogP contribution in [0.1, 0.15) is 24.5 Å². The molecular formula is C14H18BrF3N2. The second-order valence-electron chi connectivity index (χ2n) is 5.77. The fourth-order valence-corrected chi connectivity index (χ4v) is 2.98. The van der Waals surface area contributed by atoms with Crippen molar-refractivity contribution in [2.45, 2.75) is 26.1 Å². The number of likely N-dealkylation sites (tertiary alicyclic amines) is 1. The number of alkyl halides is 3. The van der Waals surface area contributed by atoms with Crippen LogP contribution in [0.15, 0.2) is 22.7 Å². The Morgan fingerprint density at radius 3 is 2.65 bits per heavy atom. The minimum Gasteiger partial charge on any atom is -0.330 e. The molecule has 0 radical (unpaired) electrons. The molecule has 1 fully saturated rings. The van der Waals surface area contributed by atoms with Crippen molar-refractivity contribution in [1.82, 2.24) is 4.90 Å². The van der Waals surface area contributed by atoms with Crippen molar-refractivity contribution >= 4 is 15.9 Å². The summed E-state index contributed by atoms with van der Waals surface area (Å²) in [5.41, 5.74) is 5.51. The molecule has 6 heteroatoms. The van der Waals surface area contributed by atoms with Gasteiger partial charge in [0, 0.05) is 17.6 Å². The molecule has 2 N–H and O–H groups in total. The van der Waals surface area contributed by atoms with E-state index in [-0.39, 0.29) is 5.41 Å². The molecule has 0 amide bonds. The van der Waals surface area contributed by atoms with Crippen LogP contribution in [0.25, 0.3) is 0 Å². The maximum atomic E-state index is 13.1. The molecule has 1 atom stereocenters. The van der Waals surface area contributed by atoms with E-state index < -0.39 is 11.7 Å². The minimum atomic E-state index is -4.32. The van der Waals surface area contributed by atoms with Crippen molar-refractivity contribution in [3.63, 3.8) is 0 Å². The van der Waals surface area contributed by atoms with Crippen LogP contribution in [0.2, 0.25) is 0 Å². The van der Waals surface area contributed by atoms with Crippen LogP contribution in [0.3, 0.4) is 0 Å². The van der Waals surface area contributed by atoms with Crippen LogP contribution in [0, 0.1) is 5.41 Å². The smallest absolute Gasteiger partial charge is 0.330 e. The van der Waals surface area contributed by atoms with Crippen molar-refractivity contribution < 1.29 is 13.2 Å². The van der Waals surface area contributed by atoms with Crippen molar-refractivity contribution in [2.75, 3.05) is 19.6 Å². The molecule has 0 bridgehead atoms. The summed E-state index contributed by atoms with van der Waals surface area (Å²) in [6.07, 6.45) is -3.39. The van der Waals surface area contributed by atoms with E-state index in [1.54, 1.807) is 12.1 Å². The second-order valence-corrected chi connectivity index (χ2v) is 6.69. The Balaban J connectivity index is 2.18. The van der Waals surface area contributed by atoms with Gasteiger partial charge in [-0.3, -0.25) is 4.90 Å². The van der Waals surface area contributed by atoms with E-state index in [4.69, 9.17) is 5.73 Å². The van der Waals surface area contributed by atoms with Gasteiger partial charge in [-0.2, -0.15) is 13.2 Å². The van der Waals surface area contributed by atoms with E-state index in [2.05, 4.69) is 22.9 Å². The van der Waals surface area contributed by atoms with Gasteiger partial charge in [-0.1, -0.05) is 28.9 Å². The first-order valence-corrected chi connectivity index (χ1v) is 7.31. The van der Waals surface area contributed by atoms with Gasteiger partial charge >= 0.3 is 6.18 Å². The number of benzene rings is 1. The lowest BCUT2D eigenvalue weighted by Crippen LogP contribution is -2.31. The second kappa shape index (κ2) is 5.66. The first-order valence-electron chi connectivity index (χ1n) is 6.52. The Labute approximate surface area is 125 Å². The SMILES string of the molecule is CC1(CN)CCN(Cc2ccc(Br)cc2C(F)(F)F)C1. The maximum absolute atomic E-state index is 13.1. The predicted molar refractivity (Wildman–Crippen MR) is 76.2 cm³/mol. The molecule has 0 spiro atoms. The average molecular weight is 351 g/mol. The van der Waals surface area contributed by atoms with Crippen molar-refractivity contribution in [3.8, 4) is 0 Å². The van der Waals surface area contributed by atoms with E-state index in [9.17, 15) is 13.2 Å². The lowest BCUT2D eigenvalue weighted by atomic mass is 9.90. The molecule has 2 rings (SSSR count). The number of nitrogens with zero attached hydrogens (tertiary/aromatic N) is 1. The van der Waals surface area contributed by atoms with Gasteiger partial charge < -0.3 is 5.73 Å². The van der Waals surface area contributed by atoms with E-state index in [0.717, 1.165) is 25.6 Å². The Morgan fingerprint density at radius 1 is 1.40 bits per heavy atom. The van der Waals surface area contributed by atoms with Gasteiger partial charge in [0.2, 0.25) is 0 Å². The topological polar surface area (TPSA) is 29.3 Å². The average Bonchev–Trinajstić information content (AvgIpc) is 2.73. The van der Waals surface area contributed by atoms with Crippen LogP contribution in [-0.2, 0) is 12.7 Å². The van der Waals surface area contributed by atoms with Crippen molar-refractivity contribution in [1.29, 1.82) is 0 Å². The zero-order valence-electron chi connectivity index (χ0n) is 11.3. The third kappa shape index (κ3) is 3.54. The monoisotopic (exact) mass is 350 g/mol. The molecule has 2 nitrogen and oxygen atoms in total. The van der Waals surface area contributed by atoms with Gasteiger partial charge in [0.1, 0.15) is 0 Å². The van der Waals surface area contributed by atoms with Crippen LogP contribution < -0.4 is 5.73 Å². The highest BCUT2D eigenvalue weighted by molar-refractivity contribution is 9.10. The van der Waals surface area contributed by atoms with E-state index in [1.165, 1.54) is 0 Å². The highest BCUT2D eigenvalue weighted by Crippen LogP contribution is 2.36. The summed E-state index contributed by atoms with van der Waals surface area (Å²) < 4.78 is 39.6. The summed E-state index contributed by atoms with van der Waals surface area (Å²) in [5, 5.41) is 0. The number of hydrogen-bond donors (Lipinski definition) is 1.